The molecule has 1 spiro atoms. The highest BCUT2D eigenvalue weighted by atomic mass is 32.2. The van der Waals surface area contributed by atoms with Gasteiger partial charge in [0.15, 0.2) is 0 Å². The Balaban J connectivity index is 1.71. The molecule has 1 unspecified atom stereocenters. The number of thioether (sulfide) groups is 1. The minimum absolute atomic E-state index is 0.216. The van der Waals surface area contributed by atoms with Gasteiger partial charge in [0.1, 0.15) is 21.5 Å². The summed E-state index contributed by atoms with van der Waals surface area (Å²) in [6, 6.07) is 11.6. The van der Waals surface area contributed by atoms with Crippen LogP contribution < -0.4 is 5.43 Å². The van der Waals surface area contributed by atoms with Gasteiger partial charge in [-0.3, -0.25) is 5.43 Å². The summed E-state index contributed by atoms with van der Waals surface area (Å²) >= 11 is 1.47. The molecule has 2 nitrogen and oxygen atoms in total. The van der Waals surface area contributed by atoms with E-state index in [1.54, 1.807) is 0 Å². The predicted octanol–water partition coefficient (Wildman–Crippen LogP) is 3.76. The summed E-state index contributed by atoms with van der Waals surface area (Å²) in [7, 11) is 0. The van der Waals surface area contributed by atoms with Gasteiger partial charge in [-0.05, 0) is 42.2 Å². The van der Waals surface area contributed by atoms with Gasteiger partial charge >= 0.3 is 0 Å². The summed E-state index contributed by atoms with van der Waals surface area (Å²) in [6.45, 7) is 0. The van der Waals surface area contributed by atoms with Gasteiger partial charge < -0.3 is 0 Å². The lowest BCUT2D eigenvalue weighted by Crippen LogP contribution is -2.29. The number of rotatable bonds is 1. The fourth-order valence-electron chi connectivity index (χ4n) is 2.93. The fraction of sp³-hybridized carbons (Fsp3) is 0.188. The van der Waals surface area contributed by atoms with E-state index in [1.165, 1.54) is 29.0 Å². The quantitative estimate of drug-likeness (QED) is 0.867. The number of hydrazone groups is 1. The number of fused-ring (bicyclic) bond motifs is 2. The first-order valence-corrected chi connectivity index (χ1v) is 7.57. The van der Waals surface area contributed by atoms with Crippen LogP contribution in [0.4, 0.5) is 8.78 Å². The standard InChI is InChI=1S/C16H12F2N2S/c17-11-5-6-14(18)12(9-11)15-19-20-16(21-15)8-7-10-3-1-2-4-13(10)16/h1-6,9,20H,7-8H2. The SMILES string of the molecule is Fc1ccc(F)c(C2=NNC3(CCc4ccccc43)S2)c1. The van der Waals surface area contributed by atoms with Gasteiger partial charge in [-0.15, -0.1) is 0 Å². The van der Waals surface area contributed by atoms with Crippen LogP contribution in [0.5, 0.6) is 0 Å². The summed E-state index contributed by atoms with van der Waals surface area (Å²) in [5.74, 6) is -0.907. The lowest BCUT2D eigenvalue weighted by atomic mass is 10.1. The van der Waals surface area contributed by atoms with Crippen molar-refractivity contribution < 1.29 is 8.78 Å². The summed E-state index contributed by atoms with van der Waals surface area (Å²) in [6.07, 6.45) is 1.85. The third kappa shape index (κ3) is 1.95. The van der Waals surface area contributed by atoms with Crippen molar-refractivity contribution in [2.45, 2.75) is 17.7 Å². The first-order chi connectivity index (χ1) is 10.2. The molecule has 2 aliphatic rings. The Labute approximate surface area is 125 Å². The summed E-state index contributed by atoms with van der Waals surface area (Å²) in [5.41, 5.74) is 5.83. The van der Waals surface area contributed by atoms with Crippen LogP contribution in [0.15, 0.2) is 47.6 Å². The molecule has 0 fully saturated rings. The lowest BCUT2D eigenvalue weighted by Gasteiger charge is -2.23. The highest BCUT2D eigenvalue weighted by Crippen LogP contribution is 2.49. The van der Waals surface area contributed by atoms with Gasteiger partial charge in [0, 0.05) is 5.56 Å². The van der Waals surface area contributed by atoms with Gasteiger partial charge in [-0.25, -0.2) is 8.78 Å². The number of aryl methyl sites for hydroxylation is 1. The van der Waals surface area contributed by atoms with Crippen LogP contribution in [-0.2, 0) is 11.3 Å². The third-order valence-corrected chi connectivity index (χ3v) is 5.33. The van der Waals surface area contributed by atoms with E-state index in [0.29, 0.717) is 5.04 Å². The van der Waals surface area contributed by atoms with Crippen LogP contribution >= 0.6 is 11.8 Å². The Morgan fingerprint density at radius 2 is 2.00 bits per heavy atom. The molecule has 0 aromatic heterocycles. The Morgan fingerprint density at radius 1 is 1.14 bits per heavy atom. The molecule has 0 amide bonds. The molecule has 2 aromatic carbocycles. The van der Waals surface area contributed by atoms with Crippen molar-refractivity contribution in [1.82, 2.24) is 5.43 Å². The Hall–Kier alpha value is -1.88. The predicted molar refractivity (Wildman–Crippen MR) is 80.1 cm³/mol. The normalized spacial score (nSPS) is 23.0. The van der Waals surface area contributed by atoms with Crippen molar-refractivity contribution >= 4 is 16.8 Å². The monoisotopic (exact) mass is 302 g/mol. The van der Waals surface area contributed by atoms with E-state index in [1.807, 2.05) is 12.1 Å². The average Bonchev–Trinajstić information content (AvgIpc) is 3.08. The zero-order chi connectivity index (χ0) is 14.4. The molecule has 1 N–H and O–H groups in total. The van der Waals surface area contributed by atoms with Crippen LogP contribution in [-0.4, -0.2) is 5.04 Å². The second-order valence-corrected chi connectivity index (χ2v) is 6.53. The van der Waals surface area contributed by atoms with E-state index in [0.717, 1.165) is 25.0 Å². The molecule has 0 saturated heterocycles. The number of hydrogen-bond donors (Lipinski definition) is 1. The molecular formula is C16H12F2N2S. The van der Waals surface area contributed by atoms with Crippen LogP contribution in [0.3, 0.4) is 0 Å². The fourth-order valence-corrected chi connectivity index (χ4v) is 4.22. The largest absolute Gasteiger partial charge is 0.288 e. The molecule has 2 aromatic rings. The Kier molecular flexibility index (Phi) is 2.79. The smallest absolute Gasteiger partial charge is 0.133 e. The van der Waals surface area contributed by atoms with Crippen LogP contribution in [0.25, 0.3) is 0 Å². The zero-order valence-corrected chi connectivity index (χ0v) is 11.9. The van der Waals surface area contributed by atoms with Crippen molar-refractivity contribution in [2.24, 2.45) is 5.10 Å². The van der Waals surface area contributed by atoms with Crippen LogP contribution in [0, 0.1) is 11.6 Å². The number of hydrogen-bond acceptors (Lipinski definition) is 3. The summed E-state index contributed by atoms with van der Waals surface area (Å²) in [5, 5.41) is 4.77. The second-order valence-electron chi connectivity index (χ2n) is 5.24. The number of halogens is 2. The third-order valence-electron chi connectivity index (χ3n) is 3.97. The van der Waals surface area contributed by atoms with Crippen molar-refractivity contribution in [3.8, 4) is 0 Å². The first-order valence-electron chi connectivity index (χ1n) is 6.76. The van der Waals surface area contributed by atoms with Gasteiger partial charge in [-0.1, -0.05) is 36.0 Å². The maximum atomic E-state index is 13.9. The average molecular weight is 302 g/mol. The summed E-state index contributed by atoms with van der Waals surface area (Å²) < 4.78 is 27.3. The molecule has 4 rings (SSSR count). The molecule has 1 heterocycles. The first kappa shape index (κ1) is 12.8. The van der Waals surface area contributed by atoms with Gasteiger partial charge in [0.2, 0.25) is 0 Å². The lowest BCUT2D eigenvalue weighted by molar-refractivity contribution is 0.511. The molecular weight excluding hydrogens is 290 g/mol. The van der Waals surface area contributed by atoms with Crippen LogP contribution in [0.2, 0.25) is 0 Å². The molecule has 1 atom stereocenters. The molecule has 21 heavy (non-hydrogen) atoms. The molecule has 0 saturated carbocycles. The number of nitrogens with one attached hydrogen (secondary N) is 1. The van der Waals surface area contributed by atoms with Crippen molar-refractivity contribution in [3.63, 3.8) is 0 Å². The van der Waals surface area contributed by atoms with Crippen molar-refractivity contribution in [3.05, 3.63) is 70.8 Å². The molecule has 1 aliphatic carbocycles. The maximum absolute atomic E-state index is 13.9. The van der Waals surface area contributed by atoms with Gasteiger partial charge in [0.05, 0.1) is 0 Å². The van der Waals surface area contributed by atoms with Gasteiger partial charge in [0.25, 0.3) is 0 Å². The van der Waals surface area contributed by atoms with E-state index in [9.17, 15) is 8.78 Å². The Bertz CT molecular complexity index is 760. The number of nitrogens with zero attached hydrogens (tertiary/aromatic N) is 1. The van der Waals surface area contributed by atoms with Crippen molar-refractivity contribution in [2.75, 3.05) is 0 Å². The van der Waals surface area contributed by atoms with Gasteiger partial charge in [-0.2, -0.15) is 5.10 Å². The Morgan fingerprint density at radius 3 is 2.90 bits per heavy atom. The molecule has 0 bridgehead atoms. The van der Waals surface area contributed by atoms with E-state index >= 15 is 0 Å². The zero-order valence-electron chi connectivity index (χ0n) is 11.1. The highest BCUT2D eigenvalue weighted by Gasteiger charge is 2.44. The topological polar surface area (TPSA) is 24.4 Å². The maximum Gasteiger partial charge on any atom is 0.133 e. The van der Waals surface area contributed by atoms with E-state index < -0.39 is 11.6 Å². The molecule has 0 radical (unpaired) electrons. The highest BCUT2D eigenvalue weighted by molar-refractivity contribution is 8.15. The minimum atomic E-state index is -0.456. The number of benzene rings is 2. The van der Waals surface area contributed by atoms with E-state index in [4.69, 9.17) is 0 Å². The van der Waals surface area contributed by atoms with E-state index in [2.05, 4.69) is 22.7 Å². The summed E-state index contributed by atoms with van der Waals surface area (Å²) in [4.78, 5) is -0.343. The molecule has 5 heteroatoms. The second kappa shape index (κ2) is 4.56. The molecule has 106 valence electrons. The molecule has 1 aliphatic heterocycles. The van der Waals surface area contributed by atoms with Crippen LogP contribution in [0.1, 0.15) is 23.1 Å². The minimum Gasteiger partial charge on any atom is -0.288 e. The van der Waals surface area contributed by atoms with E-state index in [-0.39, 0.29) is 10.4 Å². The van der Waals surface area contributed by atoms with Crippen molar-refractivity contribution in [1.29, 1.82) is 0 Å².